The third-order valence-corrected chi connectivity index (χ3v) is 5.59. The lowest BCUT2D eigenvalue weighted by molar-refractivity contribution is 0.0762. The van der Waals surface area contributed by atoms with E-state index in [0.29, 0.717) is 24.0 Å². The van der Waals surface area contributed by atoms with Crippen molar-refractivity contribution in [3.63, 3.8) is 0 Å². The van der Waals surface area contributed by atoms with Gasteiger partial charge in [-0.25, -0.2) is 8.42 Å². The quantitative estimate of drug-likeness (QED) is 0.717. The number of hydrogen-bond donors (Lipinski definition) is 3. The lowest BCUT2D eigenvalue weighted by atomic mass is 10.1. The number of fused-ring (bicyclic) bond motifs is 1. The predicted molar refractivity (Wildman–Crippen MR) is 76.7 cm³/mol. The monoisotopic (exact) mass is 295 g/mol. The van der Waals surface area contributed by atoms with Crippen molar-refractivity contribution in [1.82, 2.24) is 9.29 Å². The minimum absolute atomic E-state index is 0.115. The van der Waals surface area contributed by atoms with Crippen molar-refractivity contribution in [2.45, 2.75) is 23.8 Å². The molecule has 0 bridgehead atoms. The van der Waals surface area contributed by atoms with Gasteiger partial charge in [-0.1, -0.05) is 0 Å². The first kappa shape index (κ1) is 13.4. The molecule has 6 nitrogen and oxygen atoms in total. The van der Waals surface area contributed by atoms with E-state index in [1.54, 1.807) is 25.1 Å². The van der Waals surface area contributed by atoms with Crippen LogP contribution >= 0.6 is 0 Å². The van der Waals surface area contributed by atoms with Gasteiger partial charge >= 0.3 is 0 Å². The zero-order chi connectivity index (χ0) is 14.5. The van der Waals surface area contributed by atoms with Crippen LogP contribution in [0.1, 0.15) is 13.3 Å². The number of nitrogens with one attached hydrogen (secondary N) is 1. The molecule has 0 spiro atoms. The normalized spacial score (nSPS) is 24.5. The van der Waals surface area contributed by atoms with E-state index in [0.717, 1.165) is 5.52 Å². The van der Waals surface area contributed by atoms with Crippen molar-refractivity contribution in [2.75, 3.05) is 18.8 Å². The summed E-state index contributed by atoms with van der Waals surface area (Å²) >= 11 is 0. The van der Waals surface area contributed by atoms with Gasteiger partial charge < -0.3 is 15.8 Å². The Kier molecular flexibility index (Phi) is 2.82. The van der Waals surface area contributed by atoms with E-state index < -0.39 is 15.6 Å². The number of β-amino-alcohol motifs (C(OH)–C–C–N with tert-alkyl or cyclic N) is 1. The Morgan fingerprint density at radius 1 is 1.45 bits per heavy atom. The van der Waals surface area contributed by atoms with Gasteiger partial charge in [-0.15, -0.1) is 0 Å². The molecule has 0 aliphatic carbocycles. The van der Waals surface area contributed by atoms with E-state index in [1.807, 2.05) is 0 Å². The van der Waals surface area contributed by atoms with Crippen LogP contribution in [0.15, 0.2) is 29.3 Å². The molecule has 1 aliphatic rings. The predicted octanol–water partition coefficient (Wildman–Crippen LogP) is 0.896. The molecule has 2 aromatic rings. The summed E-state index contributed by atoms with van der Waals surface area (Å²) in [4.78, 5) is 3.15. The summed E-state index contributed by atoms with van der Waals surface area (Å²) in [6.45, 7) is 2.09. The molecule has 0 saturated carbocycles. The molecule has 108 valence electrons. The Balaban J connectivity index is 2.08. The molecule has 0 radical (unpaired) electrons. The number of anilines is 1. The van der Waals surface area contributed by atoms with E-state index in [9.17, 15) is 13.5 Å². The summed E-state index contributed by atoms with van der Waals surface area (Å²) in [5.41, 5.74) is 6.01. The molecule has 1 aromatic carbocycles. The molecule has 3 rings (SSSR count). The Hall–Kier alpha value is -1.57. The third-order valence-electron chi connectivity index (χ3n) is 3.70. The van der Waals surface area contributed by atoms with Gasteiger partial charge in [0.05, 0.1) is 5.60 Å². The van der Waals surface area contributed by atoms with Crippen LogP contribution in [-0.2, 0) is 10.0 Å². The molecule has 1 aliphatic heterocycles. The van der Waals surface area contributed by atoms with E-state index in [2.05, 4.69) is 4.98 Å². The maximum Gasteiger partial charge on any atom is 0.245 e. The highest BCUT2D eigenvalue weighted by molar-refractivity contribution is 7.89. The van der Waals surface area contributed by atoms with Gasteiger partial charge in [-0.3, -0.25) is 0 Å². The van der Waals surface area contributed by atoms with E-state index in [-0.39, 0.29) is 11.4 Å². The molecule has 1 atom stereocenters. The molecule has 2 heterocycles. The van der Waals surface area contributed by atoms with Crippen molar-refractivity contribution < 1.29 is 13.5 Å². The number of aromatic nitrogens is 1. The summed E-state index contributed by atoms with van der Waals surface area (Å²) in [5, 5.41) is 10.5. The average Bonchev–Trinajstić information content (AvgIpc) is 2.92. The molecule has 1 unspecified atom stereocenters. The molecular formula is C13H17N3O3S. The highest BCUT2D eigenvalue weighted by Crippen LogP contribution is 2.31. The van der Waals surface area contributed by atoms with Gasteiger partial charge in [0.15, 0.2) is 0 Å². The fraction of sp³-hybridized carbons (Fsp3) is 0.385. The summed E-state index contributed by atoms with van der Waals surface area (Å²) < 4.78 is 26.6. The minimum atomic E-state index is -3.62. The second kappa shape index (κ2) is 4.21. The number of nitrogen functional groups attached to an aromatic ring is 1. The van der Waals surface area contributed by atoms with Crippen LogP contribution in [0.25, 0.3) is 10.9 Å². The molecular weight excluding hydrogens is 278 g/mol. The van der Waals surface area contributed by atoms with Crippen molar-refractivity contribution in [1.29, 1.82) is 0 Å². The third kappa shape index (κ3) is 2.07. The molecule has 20 heavy (non-hydrogen) atoms. The fourth-order valence-electron chi connectivity index (χ4n) is 2.57. The Labute approximate surface area is 117 Å². The zero-order valence-corrected chi connectivity index (χ0v) is 11.9. The highest BCUT2D eigenvalue weighted by atomic mass is 32.2. The number of hydrogen-bond acceptors (Lipinski definition) is 4. The van der Waals surface area contributed by atoms with Crippen LogP contribution in [0, 0.1) is 0 Å². The number of sulfonamides is 1. The topological polar surface area (TPSA) is 99.4 Å². The van der Waals surface area contributed by atoms with E-state index in [1.165, 1.54) is 10.5 Å². The van der Waals surface area contributed by atoms with Gasteiger partial charge in [0.1, 0.15) is 4.90 Å². The van der Waals surface area contributed by atoms with E-state index >= 15 is 0 Å². The Bertz CT molecular complexity index is 764. The Morgan fingerprint density at radius 2 is 2.20 bits per heavy atom. The van der Waals surface area contributed by atoms with Crippen LogP contribution in [0.5, 0.6) is 0 Å². The first-order valence-corrected chi connectivity index (χ1v) is 7.83. The van der Waals surface area contributed by atoms with Gasteiger partial charge in [-0.2, -0.15) is 4.31 Å². The van der Waals surface area contributed by atoms with Crippen molar-refractivity contribution in [3.05, 3.63) is 24.4 Å². The van der Waals surface area contributed by atoms with Crippen LogP contribution in [-0.4, -0.2) is 41.5 Å². The first-order chi connectivity index (χ1) is 9.29. The van der Waals surface area contributed by atoms with Gasteiger partial charge in [0.25, 0.3) is 0 Å². The molecule has 7 heteroatoms. The number of rotatable bonds is 2. The average molecular weight is 295 g/mol. The lowest BCUT2D eigenvalue weighted by Crippen LogP contribution is -2.33. The van der Waals surface area contributed by atoms with Crippen LogP contribution < -0.4 is 5.73 Å². The largest absolute Gasteiger partial charge is 0.399 e. The number of nitrogens with zero attached hydrogens (tertiary/aromatic N) is 1. The summed E-state index contributed by atoms with van der Waals surface area (Å²) in [6, 6.07) is 5.12. The maximum absolute atomic E-state index is 12.7. The number of aliphatic hydroxyl groups is 1. The second-order valence-electron chi connectivity index (χ2n) is 5.54. The molecule has 1 saturated heterocycles. The fourth-order valence-corrected chi connectivity index (χ4v) is 4.29. The standard InChI is InChI=1S/C13H17N3O3S/c1-13(17)4-5-16(8-13)20(18,19)12-7-15-11-3-2-9(14)6-10(11)12/h2-3,6-7,15,17H,4-5,8,14H2,1H3. The first-order valence-electron chi connectivity index (χ1n) is 6.39. The van der Waals surface area contributed by atoms with Crippen molar-refractivity contribution in [2.24, 2.45) is 0 Å². The summed E-state index contributed by atoms with van der Waals surface area (Å²) in [5.74, 6) is 0. The number of benzene rings is 1. The summed E-state index contributed by atoms with van der Waals surface area (Å²) in [6.07, 6.45) is 1.92. The van der Waals surface area contributed by atoms with Crippen LogP contribution in [0.4, 0.5) is 5.69 Å². The number of aromatic amines is 1. The van der Waals surface area contributed by atoms with Crippen LogP contribution in [0.3, 0.4) is 0 Å². The zero-order valence-electron chi connectivity index (χ0n) is 11.1. The lowest BCUT2D eigenvalue weighted by Gasteiger charge is -2.18. The van der Waals surface area contributed by atoms with Crippen molar-refractivity contribution >= 4 is 26.6 Å². The maximum atomic E-state index is 12.7. The smallest absolute Gasteiger partial charge is 0.245 e. The highest BCUT2D eigenvalue weighted by Gasteiger charge is 2.39. The molecule has 1 aromatic heterocycles. The molecule has 0 amide bonds. The number of nitrogens with two attached hydrogens (primary N) is 1. The summed E-state index contributed by atoms with van der Waals surface area (Å²) in [7, 11) is -3.62. The van der Waals surface area contributed by atoms with E-state index in [4.69, 9.17) is 5.73 Å². The minimum Gasteiger partial charge on any atom is -0.399 e. The Morgan fingerprint density at radius 3 is 2.85 bits per heavy atom. The van der Waals surface area contributed by atoms with Gasteiger partial charge in [0.2, 0.25) is 10.0 Å². The van der Waals surface area contributed by atoms with Gasteiger partial charge in [-0.05, 0) is 31.5 Å². The van der Waals surface area contributed by atoms with Gasteiger partial charge in [0, 0.05) is 35.9 Å². The van der Waals surface area contributed by atoms with Crippen molar-refractivity contribution in [3.8, 4) is 0 Å². The molecule has 1 fully saturated rings. The molecule has 4 N–H and O–H groups in total. The SMILES string of the molecule is CC1(O)CCN(S(=O)(=O)c2c[nH]c3ccc(N)cc23)C1. The second-order valence-corrected chi connectivity index (χ2v) is 7.45. The number of H-pyrrole nitrogens is 1. The van der Waals surface area contributed by atoms with Crippen LogP contribution in [0.2, 0.25) is 0 Å².